The molecular formula is C11H12N2O2. The summed E-state index contributed by atoms with van der Waals surface area (Å²) in [5, 5.41) is 13.4. The summed E-state index contributed by atoms with van der Waals surface area (Å²) in [5.41, 5.74) is 0.591. The second-order valence-electron chi connectivity index (χ2n) is 3.63. The van der Waals surface area contributed by atoms with Crippen molar-refractivity contribution < 1.29 is 9.63 Å². The molecule has 0 aliphatic heterocycles. The molecule has 4 nitrogen and oxygen atoms in total. The molecule has 0 atom stereocenters. The first-order valence-electron chi connectivity index (χ1n) is 4.80. The van der Waals surface area contributed by atoms with Crippen LogP contribution in [0.3, 0.4) is 0 Å². The van der Waals surface area contributed by atoms with Crippen molar-refractivity contribution in [3.63, 3.8) is 0 Å². The van der Waals surface area contributed by atoms with Crippen LogP contribution in [-0.4, -0.2) is 15.2 Å². The number of rotatable bonds is 2. The van der Waals surface area contributed by atoms with E-state index in [-0.39, 0.29) is 11.7 Å². The summed E-state index contributed by atoms with van der Waals surface area (Å²) < 4.78 is 5.06. The molecule has 0 saturated carbocycles. The molecule has 2 aromatic rings. The molecule has 15 heavy (non-hydrogen) atoms. The molecule has 1 aromatic heterocycles. The lowest BCUT2D eigenvalue weighted by molar-refractivity contribution is 0.365. The van der Waals surface area contributed by atoms with E-state index in [9.17, 15) is 5.11 Å². The van der Waals surface area contributed by atoms with Crippen molar-refractivity contribution in [2.45, 2.75) is 19.8 Å². The van der Waals surface area contributed by atoms with Gasteiger partial charge < -0.3 is 9.63 Å². The molecule has 0 fully saturated rings. The normalized spacial score (nSPS) is 10.9. The third-order valence-electron chi connectivity index (χ3n) is 2.08. The van der Waals surface area contributed by atoms with Gasteiger partial charge in [0.1, 0.15) is 5.75 Å². The van der Waals surface area contributed by atoms with Gasteiger partial charge in [-0.05, 0) is 12.1 Å². The van der Waals surface area contributed by atoms with E-state index in [2.05, 4.69) is 10.1 Å². The highest BCUT2D eigenvalue weighted by molar-refractivity contribution is 5.62. The van der Waals surface area contributed by atoms with Gasteiger partial charge in [-0.3, -0.25) is 0 Å². The fourth-order valence-electron chi connectivity index (χ4n) is 1.24. The van der Waals surface area contributed by atoms with Crippen LogP contribution in [0.25, 0.3) is 11.4 Å². The Bertz CT molecular complexity index is 463. The van der Waals surface area contributed by atoms with Crippen LogP contribution >= 0.6 is 0 Å². The van der Waals surface area contributed by atoms with Crippen molar-refractivity contribution in [1.29, 1.82) is 0 Å². The molecule has 78 valence electrons. The van der Waals surface area contributed by atoms with Gasteiger partial charge in [-0.1, -0.05) is 31.1 Å². The molecule has 0 unspecified atom stereocenters. The van der Waals surface area contributed by atoms with Gasteiger partial charge in [0, 0.05) is 5.92 Å². The van der Waals surface area contributed by atoms with E-state index < -0.39 is 0 Å². The monoisotopic (exact) mass is 204 g/mol. The van der Waals surface area contributed by atoms with Crippen molar-refractivity contribution in [2.75, 3.05) is 0 Å². The minimum atomic E-state index is 0.161. The molecule has 0 bridgehead atoms. The van der Waals surface area contributed by atoms with Gasteiger partial charge in [-0.15, -0.1) is 0 Å². The molecule has 0 spiro atoms. The molecule has 1 heterocycles. The van der Waals surface area contributed by atoms with Crippen LogP contribution in [0.15, 0.2) is 28.8 Å². The number of phenols is 1. The average Bonchev–Trinajstić information content (AvgIpc) is 2.67. The second kappa shape index (κ2) is 3.73. The molecule has 0 amide bonds. The standard InChI is InChI=1S/C11H12N2O2/c1-7(2)11-12-10(13-15-11)8-5-3-4-6-9(8)14/h3-7,14H,1-2H3. The Balaban J connectivity index is 2.42. The lowest BCUT2D eigenvalue weighted by Gasteiger charge is -1.97. The molecule has 4 heteroatoms. The Morgan fingerprint density at radius 3 is 2.60 bits per heavy atom. The molecular weight excluding hydrogens is 192 g/mol. The third-order valence-corrected chi connectivity index (χ3v) is 2.08. The summed E-state index contributed by atoms with van der Waals surface area (Å²) in [6.07, 6.45) is 0. The van der Waals surface area contributed by atoms with E-state index in [0.717, 1.165) is 0 Å². The fourth-order valence-corrected chi connectivity index (χ4v) is 1.24. The Morgan fingerprint density at radius 1 is 1.27 bits per heavy atom. The number of benzene rings is 1. The summed E-state index contributed by atoms with van der Waals surface area (Å²) in [5.74, 6) is 1.36. The van der Waals surface area contributed by atoms with Crippen LogP contribution in [0.4, 0.5) is 0 Å². The van der Waals surface area contributed by atoms with Crippen LogP contribution in [0, 0.1) is 0 Å². The lowest BCUT2D eigenvalue weighted by Crippen LogP contribution is -1.87. The molecule has 1 aromatic carbocycles. The third kappa shape index (κ3) is 1.83. The summed E-state index contributed by atoms with van der Waals surface area (Å²) in [4.78, 5) is 4.20. The molecule has 0 aliphatic rings. The SMILES string of the molecule is CC(C)c1nc(-c2ccccc2O)no1. The van der Waals surface area contributed by atoms with E-state index in [4.69, 9.17) is 4.52 Å². The van der Waals surface area contributed by atoms with Gasteiger partial charge in [0.25, 0.3) is 0 Å². The van der Waals surface area contributed by atoms with Gasteiger partial charge in [0.15, 0.2) is 0 Å². The first-order valence-corrected chi connectivity index (χ1v) is 4.80. The molecule has 1 N–H and O–H groups in total. The largest absolute Gasteiger partial charge is 0.507 e. The number of hydrogen-bond donors (Lipinski definition) is 1. The predicted octanol–water partition coefficient (Wildman–Crippen LogP) is 2.57. The Hall–Kier alpha value is -1.84. The van der Waals surface area contributed by atoms with E-state index in [1.54, 1.807) is 18.2 Å². The number of para-hydroxylation sites is 1. The van der Waals surface area contributed by atoms with Gasteiger partial charge in [-0.25, -0.2) is 0 Å². The van der Waals surface area contributed by atoms with Crippen molar-refractivity contribution in [2.24, 2.45) is 0 Å². The van der Waals surface area contributed by atoms with Gasteiger partial charge in [0.05, 0.1) is 5.56 Å². The molecule has 0 aliphatic carbocycles. The first-order chi connectivity index (χ1) is 7.18. The van der Waals surface area contributed by atoms with Crippen LogP contribution in [-0.2, 0) is 0 Å². The highest BCUT2D eigenvalue weighted by Gasteiger charge is 2.13. The molecule has 2 rings (SSSR count). The Kier molecular flexibility index (Phi) is 2.41. The fraction of sp³-hybridized carbons (Fsp3) is 0.273. The highest BCUT2D eigenvalue weighted by atomic mass is 16.5. The summed E-state index contributed by atoms with van der Waals surface area (Å²) in [6, 6.07) is 6.92. The van der Waals surface area contributed by atoms with Crippen LogP contribution < -0.4 is 0 Å². The minimum Gasteiger partial charge on any atom is -0.507 e. The van der Waals surface area contributed by atoms with Crippen molar-refractivity contribution in [3.05, 3.63) is 30.2 Å². The van der Waals surface area contributed by atoms with Crippen LogP contribution in [0.5, 0.6) is 5.75 Å². The van der Waals surface area contributed by atoms with E-state index in [1.165, 1.54) is 0 Å². The zero-order chi connectivity index (χ0) is 10.8. The molecule has 0 saturated heterocycles. The first kappa shape index (κ1) is 9.71. The Labute approximate surface area is 87.6 Å². The maximum atomic E-state index is 9.59. The van der Waals surface area contributed by atoms with E-state index in [1.807, 2.05) is 19.9 Å². The Morgan fingerprint density at radius 2 is 2.00 bits per heavy atom. The van der Waals surface area contributed by atoms with Gasteiger partial charge in [-0.2, -0.15) is 4.98 Å². The number of hydrogen-bond acceptors (Lipinski definition) is 4. The number of aromatic nitrogens is 2. The summed E-state index contributed by atoms with van der Waals surface area (Å²) in [6.45, 7) is 3.95. The highest BCUT2D eigenvalue weighted by Crippen LogP contribution is 2.26. The van der Waals surface area contributed by atoms with Crippen molar-refractivity contribution >= 4 is 0 Å². The number of nitrogens with zero attached hydrogens (tertiary/aromatic N) is 2. The predicted molar refractivity (Wildman–Crippen MR) is 55.5 cm³/mol. The zero-order valence-electron chi connectivity index (χ0n) is 8.64. The molecule has 0 radical (unpaired) electrons. The minimum absolute atomic E-state index is 0.161. The van der Waals surface area contributed by atoms with Crippen molar-refractivity contribution in [3.8, 4) is 17.1 Å². The van der Waals surface area contributed by atoms with Crippen molar-refractivity contribution in [1.82, 2.24) is 10.1 Å². The van der Waals surface area contributed by atoms with Crippen LogP contribution in [0.1, 0.15) is 25.7 Å². The smallest absolute Gasteiger partial charge is 0.229 e. The maximum absolute atomic E-state index is 9.59. The quantitative estimate of drug-likeness (QED) is 0.816. The maximum Gasteiger partial charge on any atom is 0.229 e. The van der Waals surface area contributed by atoms with E-state index in [0.29, 0.717) is 17.3 Å². The van der Waals surface area contributed by atoms with Gasteiger partial charge in [0.2, 0.25) is 11.7 Å². The lowest BCUT2D eigenvalue weighted by atomic mass is 10.2. The second-order valence-corrected chi connectivity index (χ2v) is 3.63. The number of aromatic hydroxyl groups is 1. The van der Waals surface area contributed by atoms with Crippen LogP contribution in [0.2, 0.25) is 0 Å². The average molecular weight is 204 g/mol. The summed E-state index contributed by atoms with van der Waals surface area (Å²) >= 11 is 0. The zero-order valence-corrected chi connectivity index (χ0v) is 8.64. The van der Waals surface area contributed by atoms with Gasteiger partial charge >= 0.3 is 0 Å². The number of phenolic OH excluding ortho intramolecular Hbond substituents is 1. The van der Waals surface area contributed by atoms with E-state index >= 15 is 0 Å². The topological polar surface area (TPSA) is 59.2 Å². The summed E-state index contributed by atoms with van der Waals surface area (Å²) in [7, 11) is 0.